The molecule has 0 rings (SSSR count). The molecule has 0 radical (unpaired) electrons. The van der Waals surface area contributed by atoms with Gasteiger partial charge in [0.2, 0.25) is 0 Å². The molecule has 0 spiro atoms. The average Bonchev–Trinajstić information content (AvgIpc) is 1.54. The molecule has 0 saturated carbocycles. The molecule has 0 fully saturated rings. The molecular weight excluding hydrogens is 226 g/mol. The van der Waals surface area contributed by atoms with Crippen LogP contribution in [0.3, 0.4) is 0 Å². The molecule has 0 aliphatic heterocycles. The van der Waals surface area contributed by atoms with Gasteiger partial charge in [-0.2, -0.15) is 0 Å². The van der Waals surface area contributed by atoms with Crippen LogP contribution >= 0.6 is 0 Å². The maximum atomic E-state index is 8.36. The minimum Gasteiger partial charge on any atom is -0.356 e. The van der Waals surface area contributed by atoms with Gasteiger partial charge in [-0.05, 0) is 0 Å². The van der Waals surface area contributed by atoms with Crippen molar-refractivity contribution in [1.29, 1.82) is 0 Å². The molecule has 13 heteroatoms. The zero-order valence-electron chi connectivity index (χ0n) is 5.76. The van der Waals surface area contributed by atoms with Crippen molar-refractivity contribution < 1.29 is 20.5 Å². The Morgan fingerprint density at radius 1 is 0.769 bits per heavy atom. The molecule has 72 valence electrons. The summed E-state index contributed by atoms with van der Waals surface area (Å²) >= 11 is 0. The Kier molecular flexibility index (Phi) is 29.8. The van der Waals surface area contributed by atoms with Gasteiger partial charge in [0, 0.05) is 0 Å². The van der Waals surface area contributed by atoms with E-state index in [1.807, 2.05) is 0 Å². The van der Waals surface area contributed by atoms with E-state index in [1.165, 1.54) is 0 Å². The molecule has 0 aromatic heterocycles. The molecule has 0 saturated heterocycles. The standard InChI is InChI=1S/Ca.HNO3.2NO3/c;3*2-1(3)4/h;(H,2,3,4);;/q+2;;2*-1. The Hall–Kier alpha value is -1.14. The molecule has 1 N–H and O–H groups in total. The molecular formula is HCaN3O9. The van der Waals surface area contributed by atoms with Crippen molar-refractivity contribution in [3.8, 4) is 0 Å². The molecule has 0 aliphatic carbocycles. The van der Waals surface area contributed by atoms with Crippen molar-refractivity contribution in [1.82, 2.24) is 0 Å². The monoisotopic (exact) mass is 227 g/mol. The second-order valence-corrected chi connectivity index (χ2v) is 0.685. The summed E-state index contributed by atoms with van der Waals surface area (Å²) in [7, 11) is 0. The third kappa shape index (κ3) is 656. The van der Waals surface area contributed by atoms with E-state index in [2.05, 4.69) is 0 Å². The first-order valence-corrected chi connectivity index (χ1v) is 1.66. The van der Waals surface area contributed by atoms with E-state index in [0.29, 0.717) is 0 Å². The van der Waals surface area contributed by atoms with E-state index < -0.39 is 15.3 Å². The van der Waals surface area contributed by atoms with Crippen molar-refractivity contribution in [3.63, 3.8) is 0 Å². The van der Waals surface area contributed by atoms with Crippen molar-refractivity contribution in [2.24, 2.45) is 0 Å². The fourth-order valence-corrected chi connectivity index (χ4v) is 0. The minimum absolute atomic E-state index is 0. The summed E-state index contributed by atoms with van der Waals surface area (Å²) in [6.45, 7) is 0. The van der Waals surface area contributed by atoms with E-state index in [4.69, 9.17) is 46.0 Å². The van der Waals surface area contributed by atoms with Gasteiger partial charge < -0.3 is 35.9 Å². The SMILES string of the molecule is O=[N+]([O-])O.O=[N+]([O-])[O-].O=[N+]([O-])[O-].[Ca+2]. The Labute approximate surface area is 98.7 Å². The van der Waals surface area contributed by atoms with Gasteiger partial charge >= 0.3 is 37.7 Å². The minimum atomic E-state index is -1.75. The Balaban J connectivity index is -0.0000000450. The molecule has 0 aromatic carbocycles. The van der Waals surface area contributed by atoms with E-state index in [9.17, 15) is 0 Å². The zero-order chi connectivity index (χ0) is 10.7. The van der Waals surface area contributed by atoms with Gasteiger partial charge in [-0.15, -0.1) is 10.1 Å². The molecule has 0 atom stereocenters. The van der Waals surface area contributed by atoms with Crippen LogP contribution in [-0.2, 0) is 0 Å². The topological polar surface area (TPSA) is 196 Å². The maximum absolute atomic E-state index is 8.36. The first-order valence-electron chi connectivity index (χ1n) is 1.66. The summed E-state index contributed by atoms with van der Waals surface area (Å²) in [5, 5.41) is 43.1. The fourth-order valence-electron chi connectivity index (χ4n) is 0. The molecule has 0 bridgehead atoms. The van der Waals surface area contributed by atoms with Crippen LogP contribution in [0.2, 0.25) is 0 Å². The fraction of sp³-hybridized carbons (Fsp3) is 0. The van der Waals surface area contributed by atoms with Crippen molar-refractivity contribution >= 4 is 37.7 Å². The molecule has 12 nitrogen and oxygen atoms in total. The molecule has 0 aromatic rings. The summed E-state index contributed by atoms with van der Waals surface area (Å²) < 4.78 is 0. The third-order valence-corrected chi connectivity index (χ3v) is 0. The summed E-state index contributed by atoms with van der Waals surface area (Å²) in [4.78, 5) is 24.9. The number of nitrogens with zero attached hydrogens (tertiary/aromatic N) is 3. The Morgan fingerprint density at radius 3 is 0.769 bits per heavy atom. The molecule has 0 amide bonds. The van der Waals surface area contributed by atoms with Gasteiger partial charge in [-0.1, -0.05) is 0 Å². The van der Waals surface area contributed by atoms with E-state index >= 15 is 0 Å². The van der Waals surface area contributed by atoms with Gasteiger partial charge in [0.25, 0.3) is 5.09 Å². The number of hydrogen-bond acceptors (Lipinski definition) is 8. The second-order valence-electron chi connectivity index (χ2n) is 0.685. The summed E-state index contributed by atoms with van der Waals surface area (Å²) in [5.41, 5.74) is 0. The smallest absolute Gasteiger partial charge is 0.356 e. The van der Waals surface area contributed by atoms with Crippen LogP contribution in [0.25, 0.3) is 0 Å². The predicted octanol–water partition coefficient (Wildman–Crippen LogP) is -1.21. The Morgan fingerprint density at radius 2 is 0.769 bits per heavy atom. The van der Waals surface area contributed by atoms with Crippen LogP contribution in [0, 0.1) is 40.8 Å². The first-order chi connectivity index (χ1) is 5.20. The number of rotatable bonds is 0. The van der Waals surface area contributed by atoms with Crippen molar-refractivity contribution in [3.05, 3.63) is 40.8 Å². The van der Waals surface area contributed by atoms with Gasteiger partial charge in [-0.3, -0.25) is 0 Å². The summed E-state index contributed by atoms with van der Waals surface area (Å²) in [6, 6.07) is 0. The van der Waals surface area contributed by atoms with Gasteiger partial charge in [0.1, 0.15) is 0 Å². The van der Waals surface area contributed by atoms with Crippen LogP contribution in [-0.4, -0.2) is 58.2 Å². The first kappa shape index (κ1) is 22.6. The van der Waals surface area contributed by atoms with Gasteiger partial charge in [-0.25, -0.2) is 0 Å². The molecule has 0 aliphatic rings. The van der Waals surface area contributed by atoms with Crippen LogP contribution in [0.5, 0.6) is 0 Å². The van der Waals surface area contributed by atoms with Crippen LogP contribution in [0.1, 0.15) is 0 Å². The summed E-state index contributed by atoms with van der Waals surface area (Å²) in [5.74, 6) is 0. The van der Waals surface area contributed by atoms with Crippen LogP contribution in [0.15, 0.2) is 0 Å². The summed E-state index contributed by atoms with van der Waals surface area (Å²) in [6.07, 6.45) is 0. The zero-order valence-corrected chi connectivity index (χ0v) is 7.97. The van der Waals surface area contributed by atoms with Crippen molar-refractivity contribution in [2.45, 2.75) is 0 Å². The largest absolute Gasteiger partial charge is 2.00 e. The molecule has 0 unspecified atom stereocenters. The third-order valence-electron chi connectivity index (χ3n) is 0. The quantitative estimate of drug-likeness (QED) is 0.299. The van der Waals surface area contributed by atoms with Gasteiger partial charge in [0.15, 0.2) is 0 Å². The van der Waals surface area contributed by atoms with Crippen LogP contribution in [0.4, 0.5) is 0 Å². The van der Waals surface area contributed by atoms with E-state index in [-0.39, 0.29) is 37.7 Å². The normalized spacial score (nSPS) is 5.54. The van der Waals surface area contributed by atoms with E-state index in [1.54, 1.807) is 0 Å². The van der Waals surface area contributed by atoms with Crippen molar-refractivity contribution in [2.75, 3.05) is 0 Å². The molecule has 13 heavy (non-hydrogen) atoms. The second kappa shape index (κ2) is 17.1. The maximum Gasteiger partial charge on any atom is 2.00 e. The van der Waals surface area contributed by atoms with Crippen LogP contribution < -0.4 is 0 Å². The number of hydrogen-bond donors (Lipinski definition) is 1. The van der Waals surface area contributed by atoms with Gasteiger partial charge in [0.05, 0.1) is 10.2 Å². The Bertz CT molecular complexity index is 112. The average molecular weight is 227 g/mol. The molecule has 0 heterocycles. The predicted molar refractivity (Wildman–Crippen MR) is 35.3 cm³/mol. The van der Waals surface area contributed by atoms with E-state index in [0.717, 1.165) is 0 Å².